The van der Waals surface area contributed by atoms with Crippen molar-refractivity contribution in [3.63, 3.8) is 0 Å². The molecule has 0 bridgehead atoms. The second-order valence-corrected chi connectivity index (χ2v) is 6.28. The molecule has 2 fully saturated rings. The molecular weight excluding hydrogens is 308 g/mol. The molecule has 0 radical (unpaired) electrons. The smallest absolute Gasteiger partial charge is 0.338 e. The molecule has 6 heteroatoms. The molecule has 24 heavy (non-hydrogen) atoms. The van der Waals surface area contributed by atoms with Crippen LogP contribution in [0.4, 0.5) is 5.69 Å². The Morgan fingerprint density at radius 3 is 2.54 bits per heavy atom. The molecule has 1 atom stereocenters. The fourth-order valence-electron chi connectivity index (χ4n) is 3.20. The van der Waals surface area contributed by atoms with Gasteiger partial charge in [0.25, 0.3) is 5.91 Å². The molecule has 0 aliphatic carbocycles. The summed E-state index contributed by atoms with van der Waals surface area (Å²) in [5.41, 5.74) is 1.05. The Morgan fingerprint density at radius 1 is 1.12 bits per heavy atom. The van der Waals surface area contributed by atoms with E-state index in [1.165, 1.54) is 0 Å². The number of amides is 2. The summed E-state index contributed by atoms with van der Waals surface area (Å²) in [4.78, 5) is 39.8. The first-order valence-electron chi connectivity index (χ1n) is 8.46. The standard InChI is InChI=1S/C18H22N2O4/c1-13(17(22)19-9-2-3-10-19)24-18(23)14-6-4-7-15(12-14)20-11-5-8-16(20)21/h4,6-7,12-13H,2-3,5,8-11H2,1H3/t13-/m1/s1. The number of anilines is 1. The minimum atomic E-state index is -0.798. The van der Waals surface area contributed by atoms with Gasteiger partial charge in [-0.05, 0) is 44.4 Å². The van der Waals surface area contributed by atoms with E-state index in [4.69, 9.17) is 4.74 Å². The van der Waals surface area contributed by atoms with Crippen LogP contribution in [0.15, 0.2) is 24.3 Å². The highest BCUT2D eigenvalue weighted by Crippen LogP contribution is 2.23. The van der Waals surface area contributed by atoms with Crippen LogP contribution in [0.5, 0.6) is 0 Å². The van der Waals surface area contributed by atoms with Crippen molar-refractivity contribution in [2.24, 2.45) is 0 Å². The summed E-state index contributed by atoms with van der Waals surface area (Å²) in [6.45, 7) is 3.73. The molecule has 2 saturated heterocycles. The van der Waals surface area contributed by atoms with Crippen molar-refractivity contribution in [2.45, 2.75) is 38.7 Å². The van der Waals surface area contributed by atoms with Crippen molar-refractivity contribution in [3.05, 3.63) is 29.8 Å². The highest BCUT2D eigenvalue weighted by Gasteiger charge is 2.27. The minimum Gasteiger partial charge on any atom is -0.449 e. The van der Waals surface area contributed by atoms with Gasteiger partial charge in [-0.25, -0.2) is 4.79 Å². The van der Waals surface area contributed by atoms with E-state index in [-0.39, 0.29) is 11.8 Å². The largest absolute Gasteiger partial charge is 0.449 e. The van der Waals surface area contributed by atoms with E-state index >= 15 is 0 Å². The van der Waals surface area contributed by atoms with Gasteiger partial charge < -0.3 is 14.5 Å². The zero-order valence-electron chi connectivity index (χ0n) is 13.9. The summed E-state index contributed by atoms with van der Waals surface area (Å²) >= 11 is 0. The lowest BCUT2D eigenvalue weighted by atomic mass is 10.2. The topological polar surface area (TPSA) is 66.9 Å². The zero-order chi connectivity index (χ0) is 17.1. The van der Waals surface area contributed by atoms with Crippen molar-refractivity contribution >= 4 is 23.5 Å². The fourth-order valence-corrected chi connectivity index (χ4v) is 3.20. The number of hydrogen-bond donors (Lipinski definition) is 0. The zero-order valence-corrected chi connectivity index (χ0v) is 13.9. The maximum atomic E-state index is 12.3. The molecule has 128 valence electrons. The van der Waals surface area contributed by atoms with E-state index in [2.05, 4.69) is 0 Å². The Hall–Kier alpha value is -2.37. The first-order valence-corrected chi connectivity index (χ1v) is 8.46. The molecule has 0 aromatic heterocycles. The molecule has 3 rings (SSSR count). The Labute approximate surface area is 141 Å². The van der Waals surface area contributed by atoms with Gasteiger partial charge in [0.05, 0.1) is 5.56 Å². The van der Waals surface area contributed by atoms with Crippen molar-refractivity contribution in [1.29, 1.82) is 0 Å². The number of nitrogens with zero attached hydrogens (tertiary/aromatic N) is 2. The fraction of sp³-hybridized carbons (Fsp3) is 0.500. The quantitative estimate of drug-likeness (QED) is 0.792. The van der Waals surface area contributed by atoms with Gasteiger partial charge in [-0.1, -0.05) is 6.07 Å². The van der Waals surface area contributed by atoms with E-state index in [1.807, 2.05) is 0 Å². The minimum absolute atomic E-state index is 0.0677. The first-order chi connectivity index (χ1) is 11.6. The average Bonchev–Trinajstić information content (AvgIpc) is 3.25. The van der Waals surface area contributed by atoms with Gasteiger partial charge >= 0.3 is 5.97 Å². The lowest BCUT2D eigenvalue weighted by molar-refractivity contribution is -0.138. The van der Waals surface area contributed by atoms with Crippen LogP contribution in [0.25, 0.3) is 0 Å². The summed E-state index contributed by atoms with van der Waals surface area (Å²) in [6.07, 6.45) is 2.56. The highest BCUT2D eigenvalue weighted by molar-refractivity contribution is 5.98. The van der Waals surface area contributed by atoms with E-state index in [0.29, 0.717) is 24.2 Å². The monoisotopic (exact) mass is 330 g/mol. The van der Waals surface area contributed by atoms with E-state index in [9.17, 15) is 14.4 Å². The first kappa shape index (κ1) is 16.5. The number of carbonyl (C=O) groups excluding carboxylic acids is 3. The normalized spacial score (nSPS) is 18.8. The lowest BCUT2D eigenvalue weighted by Crippen LogP contribution is -2.38. The number of rotatable bonds is 4. The Balaban J connectivity index is 1.66. The molecule has 1 aromatic carbocycles. The number of esters is 1. The van der Waals surface area contributed by atoms with Crippen molar-refractivity contribution in [3.8, 4) is 0 Å². The summed E-state index contributed by atoms with van der Waals surface area (Å²) in [5.74, 6) is -0.617. The number of ether oxygens (including phenoxy) is 1. The lowest BCUT2D eigenvalue weighted by Gasteiger charge is -2.21. The number of carbonyl (C=O) groups is 3. The van der Waals surface area contributed by atoms with Crippen LogP contribution in [0.1, 0.15) is 43.0 Å². The van der Waals surface area contributed by atoms with Crippen LogP contribution in [-0.2, 0) is 14.3 Å². The van der Waals surface area contributed by atoms with Crippen LogP contribution in [0, 0.1) is 0 Å². The van der Waals surface area contributed by atoms with Crippen LogP contribution in [-0.4, -0.2) is 48.4 Å². The highest BCUT2D eigenvalue weighted by atomic mass is 16.5. The molecular formula is C18H22N2O4. The number of hydrogen-bond acceptors (Lipinski definition) is 4. The Kier molecular flexibility index (Phi) is 4.83. The molecule has 2 aliphatic rings. The molecule has 0 unspecified atom stereocenters. The van der Waals surface area contributed by atoms with Crippen molar-refractivity contribution < 1.29 is 19.1 Å². The molecule has 2 aliphatic heterocycles. The van der Waals surface area contributed by atoms with Crippen LogP contribution in [0.3, 0.4) is 0 Å². The predicted octanol–water partition coefficient (Wildman–Crippen LogP) is 1.98. The maximum Gasteiger partial charge on any atom is 0.338 e. The molecule has 6 nitrogen and oxygen atoms in total. The second-order valence-electron chi connectivity index (χ2n) is 6.28. The van der Waals surface area contributed by atoms with Gasteiger partial charge in [0, 0.05) is 31.7 Å². The van der Waals surface area contributed by atoms with Crippen molar-refractivity contribution in [2.75, 3.05) is 24.5 Å². The molecule has 0 N–H and O–H groups in total. The van der Waals surface area contributed by atoms with Crippen LogP contribution < -0.4 is 4.90 Å². The summed E-state index contributed by atoms with van der Waals surface area (Å²) in [7, 11) is 0. The SMILES string of the molecule is C[C@@H](OC(=O)c1cccc(N2CCCC2=O)c1)C(=O)N1CCCC1. The van der Waals surface area contributed by atoms with Crippen LogP contribution >= 0.6 is 0 Å². The summed E-state index contributed by atoms with van der Waals surface area (Å²) in [5, 5.41) is 0. The number of likely N-dealkylation sites (tertiary alicyclic amines) is 1. The maximum absolute atomic E-state index is 12.3. The molecule has 2 heterocycles. The predicted molar refractivity (Wildman–Crippen MR) is 88.7 cm³/mol. The van der Waals surface area contributed by atoms with Gasteiger partial charge in [-0.15, -0.1) is 0 Å². The van der Waals surface area contributed by atoms with Gasteiger partial charge in [0.2, 0.25) is 5.91 Å². The van der Waals surface area contributed by atoms with Gasteiger partial charge in [0.1, 0.15) is 0 Å². The third kappa shape index (κ3) is 3.42. The molecule has 1 aromatic rings. The molecule has 0 spiro atoms. The third-order valence-electron chi connectivity index (χ3n) is 4.52. The Morgan fingerprint density at radius 2 is 1.88 bits per heavy atom. The van der Waals surface area contributed by atoms with Crippen LogP contribution in [0.2, 0.25) is 0 Å². The van der Waals surface area contributed by atoms with Gasteiger partial charge in [0.15, 0.2) is 6.10 Å². The van der Waals surface area contributed by atoms with Gasteiger partial charge in [-0.3, -0.25) is 9.59 Å². The third-order valence-corrected chi connectivity index (χ3v) is 4.52. The van der Waals surface area contributed by atoms with Gasteiger partial charge in [-0.2, -0.15) is 0 Å². The Bertz CT molecular complexity index is 652. The van der Waals surface area contributed by atoms with E-state index in [1.54, 1.807) is 41.0 Å². The molecule has 0 saturated carbocycles. The summed E-state index contributed by atoms with van der Waals surface area (Å²) in [6, 6.07) is 6.82. The van der Waals surface area contributed by atoms with E-state index < -0.39 is 12.1 Å². The summed E-state index contributed by atoms with van der Waals surface area (Å²) < 4.78 is 5.32. The van der Waals surface area contributed by atoms with E-state index in [0.717, 1.165) is 32.4 Å². The number of benzene rings is 1. The van der Waals surface area contributed by atoms with Crippen molar-refractivity contribution in [1.82, 2.24) is 4.90 Å². The molecule has 2 amide bonds. The average molecular weight is 330 g/mol. The second kappa shape index (κ2) is 7.03.